The molecule has 0 aliphatic heterocycles. The highest BCUT2D eigenvalue weighted by atomic mass is 16.1. The first kappa shape index (κ1) is 11.9. The molecule has 0 saturated carbocycles. The lowest BCUT2D eigenvalue weighted by molar-refractivity contribution is -0.122. The van der Waals surface area contributed by atoms with E-state index in [4.69, 9.17) is 5.73 Å². The minimum absolute atomic E-state index is 0.0770. The average Bonchev–Trinajstić information content (AvgIpc) is 2.19. The number of hydrogen-bond acceptors (Lipinski definition) is 2. The van der Waals surface area contributed by atoms with Crippen molar-refractivity contribution in [3.8, 4) is 0 Å². The second-order valence-electron chi connectivity index (χ2n) is 4.12. The molecule has 0 bridgehead atoms. The van der Waals surface area contributed by atoms with E-state index in [0.717, 1.165) is 18.4 Å². The van der Waals surface area contributed by atoms with Crippen molar-refractivity contribution in [3.63, 3.8) is 0 Å². The molecule has 2 N–H and O–H groups in total. The van der Waals surface area contributed by atoms with Gasteiger partial charge in [-0.25, -0.2) is 0 Å². The van der Waals surface area contributed by atoms with Gasteiger partial charge in [0.2, 0.25) is 0 Å². The van der Waals surface area contributed by atoms with Crippen molar-refractivity contribution in [2.45, 2.75) is 38.6 Å². The van der Waals surface area contributed by atoms with Gasteiger partial charge in [-0.3, -0.25) is 4.79 Å². The molecule has 0 spiro atoms. The smallest absolute Gasteiger partial charge is 0.149 e. The summed E-state index contributed by atoms with van der Waals surface area (Å²) in [5.41, 5.74) is 6.58. The van der Waals surface area contributed by atoms with Crippen molar-refractivity contribution >= 4 is 5.78 Å². The third-order valence-electron chi connectivity index (χ3n) is 2.76. The van der Waals surface area contributed by atoms with Crippen molar-refractivity contribution in [3.05, 3.63) is 35.9 Å². The van der Waals surface area contributed by atoms with E-state index >= 15 is 0 Å². The first-order valence-corrected chi connectivity index (χ1v) is 5.42. The van der Waals surface area contributed by atoms with Crippen LogP contribution in [0.5, 0.6) is 0 Å². The molecule has 0 fully saturated rings. The molecule has 82 valence electrons. The number of rotatable bonds is 5. The zero-order chi connectivity index (χ0) is 11.3. The maximum atomic E-state index is 11.5. The fourth-order valence-corrected chi connectivity index (χ4v) is 1.80. The summed E-state index contributed by atoms with van der Waals surface area (Å²) in [4.78, 5) is 11.5. The van der Waals surface area contributed by atoms with E-state index in [2.05, 4.69) is 6.92 Å². The van der Waals surface area contributed by atoms with Gasteiger partial charge < -0.3 is 5.73 Å². The molecule has 1 aromatic rings. The fraction of sp³-hybridized carbons (Fsp3) is 0.462. The Morgan fingerprint density at radius 3 is 2.40 bits per heavy atom. The Morgan fingerprint density at radius 2 is 1.93 bits per heavy atom. The highest BCUT2D eigenvalue weighted by molar-refractivity contribution is 5.86. The molecule has 0 aromatic heterocycles. The summed E-state index contributed by atoms with van der Waals surface area (Å²) in [7, 11) is 0. The topological polar surface area (TPSA) is 43.1 Å². The van der Waals surface area contributed by atoms with Gasteiger partial charge in [0.15, 0.2) is 0 Å². The van der Waals surface area contributed by atoms with Crippen LogP contribution in [0.4, 0.5) is 0 Å². The Labute approximate surface area is 91.5 Å². The van der Waals surface area contributed by atoms with E-state index in [1.54, 1.807) is 6.92 Å². The summed E-state index contributed by atoms with van der Waals surface area (Å²) in [5, 5.41) is 0. The van der Waals surface area contributed by atoms with Crippen LogP contribution >= 0.6 is 0 Å². The molecule has 1 unspecified atom stereocenters. The highest BCUT2D eigenvalue weighted by Crippen LogP contribution is 2.17. The molecule has 0 radical (unpaired) electrons. The van der Waals surface area contributed by atoms with E-state index in [1.165, 1.54) is 0 Å². The van der Waals surface area contributed by atoms with Crippen LogP contribution in [0.3, 0.4) is 0 Å². The van der Waals surface area contributed by atoms with E-state index in [1.807, 2.05) is 30.3 Å². The van der Waals surface area contributed by atoms with Gasteiger partial charge in [-0.1, -0.05) is 43.7 Å². The van der Waals surface area contributed by atoms with Gasteiger partial charge >= 0.3 is 0 Å². The van der Waals surface area contributed by atoms with Crippen molar-refractivity contribution < 1.29 is 4.79 Å². The molecule has 0 aliphatic rings. The van der Waals surface area contributed by atoms with Gasteiger partial charge in [0.05, 0.1) is 5.54 Å². The first-order valence-electron chi connectivity index (χ1n) is 5.42. The standard InChI is InChI=1S/C13H19NO/c1-3-9-13(14,11(2)15)10-12-7-5-4-6-8-12/h4-8H,3,9-10,14H2,1-2H3. The maximum absolute atomic E-state index is 11.5. The summed E-state index contributed by atoms with van der Waals surface area (Å²) in [6, 6.07) is 9.94. The molecule has 1 aromatic carbocycles. The molecule has 2 nitrogen and oxygen atoms in total. The summed E-state index contributed by atoms with van der Waals surface area (Å²) in [5.74, 6) is 0.0770. The van der Waals surface area contributed by atoms with Gasteiger partial charge in [0.25, 0.3) is 0 Å². The lowest BCUT2D eigenvalue weighted by Crippen LogP contribution is -2.48. The van der Waals surface area contributed by atoms with Crippen molar-refractivity contribution in [2.24, 2.45) is 5.73 Å². The monoisotopic (exact) mass is 205 g/mol. The molecule has 15 heavy (non-hydrogen) atoms. The maximum Gasteiger partial charge on any atom is 0.149 e. The lowest BCUT2D eigenvalue weighted by Gasteiger charge is -2.26. The third-order valence-corrected chi connectivity index (χ3v) is 2.76. The van der Waals surface area contributed by atoms with Crippen LogP contribution < -0.4 is 5.73 Å². The molecule has 0 amide bonds. The largest absolute Gasteiger partial charge is 0.319 e. The molecule has 0 saturated heterocycles. The third kappa shape index (κ3) is 3.17. The zero-order valence-electron chi connectivity index (χ0n) is 9.49. The number of Topliss-reactive ketones (excluding diaryl/α,β-unsaturated/α-hetero) is 1. The Balaban J connectivity index is 2.80. The molecule has 0 aliphatic carbocycles. The van der Waals surface area contributed by atoms with Crippen LogP contribution in [0, 0.1) is 0 Å². The Morgan fingerprint density at radius 1 is 1.33 bits per heavy atom. The number of nitrogens with two attached hydrogens (primary N) is 1. The van der Waals surface area contributed by atoms with Crippen LogP contribution in [-0.4, -0.2) is 11.3 Å². The zero-order valence-corrected chi connectivity index (χ0v) is 9.49. The van der Waals surface area contributed by atoms with Gasteiger partial charge in [-0.15, -0.1) is 0 Å². The van der Waals surface area contributed by atoms with E-state index in [-0.39, 0.29) is 5.78 Å². The van der Waals surface area contributed by atoms with Crippen LogP contribution in [0.1, 0.15) is 32.3 Å². The second-order valence-corrected chi connectivity index (χ2v) is 4.12. The minimum Gasteiger partial charge on any atom is -0.319 e. The predicted octanol–water partition coefficient (Wildman–Crippen LogP) is 2.32. The molecule has 0 heterocycles. The minimum atomic E-state index is -0.684. The van der Waals surface area contributed by atoms with Crippen molar-refractivity contribution in [2.75, 3.05) is 0 Å². The predicted molar refractivity (Wildman–Crippen MR) is 62.7 cm³/mol. The SMILES string of the molecule is CCCC(N)(Cc1ccccc1)C(C)=O. The first-order chi connectivity index (χ1) is 7.08. The summed E-state index contributed by atoms with van der Waals surface area (Å²) < 4.78 is 0. The molecule has 1 atom stereocenters. The van der Waals surface area contributed by atoms with Gasteiger partial charge in [0.1, 0.15) is 5.78 Å². The second kappa shape index (κ2) is 5.08. The van der Waals surface area contributed by atoms with Crippen LogP contribution in [0.15, 0.2) is 30.3 Å². The van der Waals surface area contributed by atoms with Crippen LogP contribution in [0.2, 0.25) is 0 Å². The fourth-order valence-electron chi connectivity index (χ4n) is 1.80. The Bertz CT molecular complexity index is 321. The number of ketones is 1. The molecular weight excluding hydrogens is 186 g/mol. The van der Waals surface area contributed by atoms with E-state index in [0.29, 0.717) is 6.42 Å². The normalized spacial score (nSPS) is 14.6. The van der Waals surface area contributed by atoms with E-state index in [9.17, 15) is 4.79 Å². The lowest BCUT2D eigenvalue weighted by atomic mass is 9.84. The number of carbonyl (C=O) groups excluding carboxylic acids is 1. The highest BCUT2D eigenvalue weighted by Gasteiger charge is 2.29. The Kier molecular flexibility index (Phi) is 4.04. The van der Waals surface area contributed by atoms with Gasteiger partial charge in [-0.2, -0.15) is 0 Å². The van der Waals surface area contributed by atoms with Crippen LogP contribution in [0.25, 0.3) is 0 Å². The van der Waals surface area contributed by atoms with Gasteiger partial charge in [0, 0.05) is 0 Å². The van der Waals surface area contributed by atoms with Crippen LogP contribution in [-0.2, 0) is 11.2 Å². The van der Waals surface area contributed by atoms with Crippen molar-refractivity contribution in [1.82, 2.24) is 0 Å². The number of hydrogen-bond donors (Lipinski definition) is 1. The number of benzene rings is 1. The van der Waals surface area contributed by atoms with Gasteiger partial charge in [-0.05, 0) is 25.3 Å². The van der Waals surface area contributed by atoms with E-state index < -0.39 is 5.54 Å². The summed E-state index contributed by atoms with van der Waals surface area (Å²) in [6.07, 6.45) is 2.32. The number of carbonyl (C=O) groups is 1. The van der Waals surface area contributed by atoms with Crippen molar-refractivity contribution in [1.29, 1.82) is 0 Å². The molecule has 2 heteroatoms. The summed E-state index contributed by atoms with van der Waals surface area (Å²) in [6.45, 7) is 3.63. The summed E-state index contributed by atoms with van der Waals surface area (Å²) >= 11 is 0. The quantitative estimate of drug-likeness (QED) is 0.801. The average molecular weight is 205 g/mol. The molecule has 1 rings (SSSR count). The Hall–Kier alpha value is -1.15. The molecular formula is C13H19NO.